The molecule has 15 heteroatoms. The Morgan fingerprint density at radius 3 is 2.38 bits per heavy atom. The molecule has 6 aliphatic rings. The van der Waals surface area contributed by atoms with E-state index in [4.69, 9.17) is 14.2 Å². The van der Waals surface area contributed by atoms with Gasteiger partial charge in [-0.25, -0.2) is 9.97 Å². The predicted molar refractivity (Wildman–Crippen MR) is 225 cm³/mol. The fraction of sp³-hybridized carbons (Fsp3) is 0.556. The molecule has 3 amide bonds. The summed E-state index contributed by atoms with van der Waals surface area (Å²) in [5.41, 5.74) is 4.93. The Kier molecular flexibility index (Phi) is 10.3. The predicted octanol–water partition coefficient (Wildman–Crippen LogP) is 5.09. The summed E-state index contributed by atoms with van der Waals surface area (Å²) in [6.45, 7) is 9.18. The van der Waals surface area contributed by atoms with Crippen molar-refractivity contribution in [1.82, 2.24) is 35.3 Å². The first-order valence-corrected chi connectivity index (χ1v) is 21.9. The fourth-order valence-electron chi connectivity index (χ4n) is 10.0. The summed E-state index contributed by atoms with van der Waals surface area (Å²) in [7, 11) is 1.64. The molecule has 0 bridgehead atoms. The first-order chi connectivity index (χ1) is 29.2. The van der Waals surface area contributed by atoms with Crippen LogP contribution in [0.2, 0.25) is 0 Å². The Balaban J connectivity index is 0.673. The van der Waals surface area contributed by atoms with Gasteiger partial charge in [0.1, 0.15) is 35.3 Å². The van der Waals surface area contributed by atoms with Crippen molar-refractivity contribution in [3.8, 4) is 22.9 Å². The maximum atomic E-state index is 13.4. The zero-order valence-electron chi connectivity index (χ0n) is 34.7. The molecule has 0 spiro atoms. The molecule has 2 aromatic carbocycles. The Morgan fingerprint density at radius 2 is 1.63 bits per heavy atom. The number of imide groups is 1. The number of hydrogen-bond donors (Lipinski definition) is 2. The van der Waals surface area contributed by atoms with Crippen molar-refractivity contribution >= 4 is 40.1 Å². The van der Waals surface area contributed by atoms with Crippen LogP contribution in [0.3, 0.4) is 0 Å². The van der Waals surface area contributed by atoms with Crippen LogP contribution < -0.4 is 24.6 Å². The van der Waals surface area contributed by atoms with Crippen molar-refractivity contribution in [2.75, 3.05) is 62.7 Å². The molecule has 1 atom stereocenters. The van der Waals surface area contributed by atoms with Crippen LogP contribution in [0, 0.1) is 5.92 Å². The summed E-state index contributed by atoms with van der Waals surface area (Å²) in [4.78, 5) is 55.9. The van der Waals surface area contributed by atoms with E-state index >= 15 is 0 Å². The number of amides is 3. The molecule has 316 valence electrons. The minimum atomic E-state index is -0.651. The van der Waals surface area contributed by atoms with Crippen LogP contribution in [0.5, 0.6) is 11.5 Å². The molecule has 2 aliphatic carbocycles. The molecule has 2 N–H and O–H groups in total. The number of aromatic amines is 1. The van der Waals surface area contributed by atoms with Gasteiger partial charge in [-0.1, -0.05) is 0 Å². The van der Waals surface area contributed by atoms with Gasteiger partial charge in [-0.05, 0) is 101 Å². The molecule has 6 heterocycles. The molecule has 4 aromatic rings. The quantitative estimate of drug-likeness (QED) is 0.194. The minimum absolute atomic E-state index is 0.0427. The number of hydrogen-bond acceptors (Lipinski definition) is 12. The van der Waals surface area contributed by atoms with E-state index in [9.17, 15) is 14.4 Å². The Labute approximate surface area is 350 Å². The van der Waals surface area contributed by atoms with Crippen LogP contribution in [0.25, 0.3) is 22.3 Å². The monoisotopic (exact) mass is 817 g/mol. The van der Waals surface area contributed by atoms with Crippen LogP contribution in [0.1, 0.15) is 87.1 Å². The average Bonchev–Trinajstić information content (AvgIpc) is 3.68. The third kappa shape index (κ3) is 7.77. The van der Waals surface area contributed by atoms with E-state index in [1.807, 2.05) is 24.3 Å². The standard InChI is InChI=1S/C45H55N9O6/c1-45(15-16-45)60-31-7-9-35-33(23-31)41(50-49-35)36-24-39(47-27-46-36)53-21-19-51(20-22-53)25-28-3-5-29(6-4-28)59-30-13-17-52(18-14-30)37-10-8-32-34(42(37)58-2)26-54(44(32)57)38-11-12-40(55)48-43(38)56/h7-10,23-24,27-30,38H,3-6,11-22,25-26H2,1-2H3,(H,49,50)(H,48,55,56). The third-order valence-electron chi connectivity index (χ3n) is 13.8. The molecule has 60 heavy (non-hydrogen) atoms. The van der Waals surface area contributed by atoms with Crippen LogP contribution in [0.4, 0.5) is 11.5 Å². The average molecular weight is 818 g/mol. The molecule has 4 aliphatic heterocycles. The molecule has 15 nitrogen and oxygen atoms in total. The maximum absolute atomic E-state index is 13.4. The van der Waals surface area contributed by atoms with Gasteiger partial charge in [-0.15, -0.1) is 0 Å². The van der Waals surface area contributed by atoms with E-state index in [1.54, 1.807) is 18.3 Å². The molecular weight excluding hydrogens is 763 g/mol. The zero-order chi connectivity index (χ0) is 41.0. The number of carbonyl (C=O) groups is 3. The summed E-state index contributed by atoms with van der Waals surface area (Å²) < 4.78 is 18.9. The minimum Gasteiger partial charge on any atom is -0.494 e. The maximum Gasteiger partial charge on any atom is 0.255 e. The van der Waals surface area contributed by atoms with Crippen molar-refractivity contribution in [1.29, 1.82) is 0 Å². The molecule has 2 saturated carbocycles. The van der Waals surface area contributed by atoms with Crippen molar-refractivity contribution < 1.29 is 28.6 Å². The summed E-state index contributed by atoms with van der Waals surface area (Å²) >= 11 is 0. The lowest BCUT2D eigenvalue weighted by Gasteiger charge is -2.40. The van der Waals surface area contributed by atoms with Gasteiger partial charge < -0.3 is 28.9 Å². The van der Waals surface area contributed by atoms with E-state index in [0.717, 1.165) is 129 Å². The van der Waals surface area contributed by atoms with Crippen molar-refractivity contribution in [2.24, 2.45) is 5.92 Å². The number of carbonyl (C=O) groups excluding carboxylic acids is 3. The van der Waals surface area contributed by atoms with Crippen LogP contribution >= 0.6 is 0 Å². The van der Waals surface area contributed by atoms with Gasteiger partial charge in [0.25, 0.3) is 5.91 Å². The smallest absolute Gasteiger partial charge is 0.255 e. The number of nitrogens with one attached hydrogen (secondary N) is 2. The molecule has 2 aromatic heterocycles. The first kappa shape index (κ1) is 38.9. The topological polar surface area (TPSA) is 158 Å². The van der Waals surface area contributed by atoms with Gasteiger partial charge in [0.05, 0.1) is 48.5 Å². The zero-order valence-corrected chi connectivity index (χ0v) is 34.7. The molecule has 5 fully saturated rings. The molecule has 0 radical (unpaired) electrons. The number of methoxy groups -OCH3 is 1. The van der Waals surface area contributed by atoms with Gasteiger partial charge in [0.15, 0.2) is 0 Å². The molecule has 1 unspecified atom stereocenters. The number of aromatic nitrogens is 4. The van der Waals surface area contributed by atoms with Gasteiger partial charge in [-0.3, -0.25) is 29.7 Å². The highest BCUT2D eigenvalue weighted by atomic mass is 16.5. The van der Waals surface area contributed by atoms with Crippen molar-refractivity contribution in [3.63, 3.8) is 0 Å². The number of fused-ring (bicyclic) bond motifs is 2. The SMILES string of the molecule is COc1c(N2CCC(OC3CCC(CN4CCN(c5cc(-c6[nH]nc7ccc(OC8(C)CC8)cc67)ncn5)CC4)CC3)CC2)ccc2c1CN(C1CCC(=O)NC1=O)C2=O. The lowest BCUT2D eigenvalue weighted by Crippen LogP contribution is -2.52. The van der Waals surface area contributed by atoms with E-state index in [-0.39, 0.29) is 29.9 Å². The van der Waals surface area contributed by atoms with E-state index in [0.29, 0.717) is 36.3 Å². The number of benzene rings is 2. The third-order valence-corrected chi connectivity index (χ3v) is 13.8. The summed E-state index contributed by atoms with van der Waals surface area (Å²) in [6, 6.07) is 11.3. The highest BCUT2D eigenvalue weighted by Gasteiger charge is 2.42. The van der Waals surface area contributed by atoms with Gasteiger partial charge >= 0.3 is 0 Å². The number of piperazine rings is 1. The van der Waals surface area contributed by atoms with Crippen molar-refractivity contribution in [2.45, 2.75) is 102 Å². The van der Waals surface area contributed by atoms with Crippen LogP contribution in [0.15, 0.2) is 42.7 Å². The highest BCUT2D eigenvalue weighted by Crippen LogP contribution is 2.42. The summed E-state index contributed by atoms with van der Waals surface area (Å²) in [6.07, 6.45) is 11.4. The van der Waals surface area contributed by atoms with E-state index < -0.39 is 11.9 Å². The number of H-pyrrole nitrogens is 1. The summed E-state index contributed by atoms with van der Waals surface area (Å²) in [5.74, 6) is 2.32. The Hall–Kier alpha value is -5.28. The van der Waals surface area contributed by atoms with Gasteiger partial charge in [0.2, 0.25) is 11.8 Å². The largest absolute Gasteiger partial charge is 0.494 e. The van der Waals surface area contributed by atoms with Crippen molar-refractivity contribution in [3.05, 3.63) is 53.9 Å². The first-order valence-electron chi connectivity index (χ1n) is 21.9. The second-order valence-electron chi connectivity index (χ2n) is 17.9. The number of ether oxygens (including phenoxy) is 3. The molecule has 3 saturated heterocycles. The second-order valence-corrected chi connectivity index (χ2v) is 17.9. The van der Waals surface area contributed by atoms with Crippen LogP contribution in [-0.4, -0.2) is 124 Å². The number of anilines is 2. The lowest BCUT2D eigenvalue weighted by molar-refractivity contribution is -0.136. The number of piperidine rings is 2. The Morgan fingerprint density at radius 1 is 0.850 bits per heavy atom. The van der Waals surface area contributed by atoms with Gasteiger partial charge in [-0.2, -0.15) is 5.10 Å². The second kappa shape index (κ2) is 16.0. The Bertz CT molecular complexity index is 2270. The highest BCUT2D eigenvalue weighted by molar-refractivity contribution is 6.06. The van der Waals surface area contributed by atoms with E-state index in [1.165, 1.54) is 12.8 Å². The molecule has 10 rings (SSSR count). The number of nitrogens with zero attached hydrogens (tertiary/aromatic N) is 7. The number of rotatable bonds is 11. The normalized spacial score (nSPS) is 24.8. The summed E-state index contributed by atoms with van der Waals surface area (Å²) in [5, 5.41) is 11.1. The fourth-order valence-corrected chi connectivity index (χ4v) is 10.0. The lowest BCUT2D eigenvalue weighted by atomic mass is 9.86. The van der Waals surface area contributed by atoms with Crippen LogP contribution in [-0.2, 0) is 20.9 Å². The van der Waals surface area contributed by atoms with E-state index in [2.05, 4.69) is 59.2 Å². The molecular formula is C45H55N9O6. The van der Waals surface area contributed by atoms with Gasteiger partial charge in [0, 0.05) is 74.8 Å².